The van der Waals surface area contributed by atoms with Gasteiger partial charge < -0.3 is 5.32 Å². The summed E-state index contributed by atoms with van der Waals surface area (Å²) in [5.74, 6) is 1.95. The average Bonchev–Trinajstić information content (AvgIpc) is 2.91. The SMILES string of the molecule is CC1CC(C)(C)CCC1NCCC1CC1. The first-order valence-corrected chi connectivity index (χ1v) is 6.80. The van der Waals surface area contributed by atoms with E-state index in [0.717, 1.165) is 17.9 Å². The molecule has 0 aromatic rings. The zero-order valence-corrected chi connectivity index (χ0v) is 10.7. The van der Waals surface area contributed by atoms with Gasteiger partial charge in [-0.2, -0.15) is 0 Å². The molecule has 1 N–H and O–H groups in total. The van der Waals surface area contributed by atoms with Gasteiger partial charge in [-0.15, -0.1) is 0 Å². The van der Waals surface area contributed by atoms with Gasteiger partial charge in [-0.3, -0.25) is 0 Å². The third kappa shape index (κ3) is 3.48. The first-order chi connectivity index (χ1) is 7.07. The first-order valence-electron chi connectivity index (χ1n) is 6.80. The fraction of sp³-hybridized carbons (Fsp3) is 1.00. The maximum absolute atomic E-state index is 3.78. The fourth-order valence-electron chi connectivity index (χ4n) is 3.13. The van der Waals surface area contributed by atoms with E-state index in [-0.39, 0.29) is 0 Å². The summed E-state index contributed by atoms with van der Waals surface area (Å²) < 4.78 is 0. The van der Waals surface area contributed by atoms with Crippen LogP contribution in [-0.2, 0) is 0 Å². The van der Waals surface area contributed by atoms with E-state index < -0.39 is 0 Å². The van der Waals surface area contributed by atoms with Crippen LogP contribution in [0.15, 0.2) is 0 Å². The molecule has 2 fully saturated rings. The zero-order valence-electron chi connectivity index (χ0n) is 10.7. The molecule has 0 aromatic carbocycles. The van der Waals surface area contributed by atoms with Gasteiger partial charge in [0.25, 0.3) is 0 Å². The third-order valence-electron chi connectivity index (χ3n) is 4.35. The number of hydrogen-bond donors (Lipinski definition) is 1. The second-order valence-corrected chi connectivity index (χ2v) is 6.68. The molecule has 2 saturated carbocycles. The molecule has 0 aromatic heterocycles. The minimum absolute atomic E-state index is 0.591. The van der Waals surface area contributed by atoms with E-state index in [0.29, 0.717) is 5.41 Å². The van der Waals surface area contributed by atoms with E-state index in [1.54, 1.807) is 0 Å². The molecule has 15 heavy (non-hydrogen) atoms. The largest absolute Gasteiger partial charge is 0.314 e. The van der Waals surface area contributed by atoms with Crippen LogP contribution >= 0.6 is 0 Å². The van der Waals surface area contributed by atoms with Crippen LogP contribution in [0.4, 0.5) is 0 Å². The van der Waals surface area contributed by atoms with Gasteiger partial charge in [0.15, 0.2) is 0 Å². The monoisotopic (exact) mass is 209 g/mol. The van der Waals surface area contributed by atoms with Crippen LogP contribution in [0.2, 0.25) is 0 Å². The van der Waals surface area contributed by atoms with Gasteiger partial charge in [0.1, 0.15) is 0 Å². The standard InChI is InChI=1S/C14H27N/c1-11-10-14(2,3)8-6-13(11)15-9-7-12-4-5-12/h11-13,15H,4-10H2,1-3H3. The molecular weight excluding hydrogens is 182 g/mol. The lowest BCUT2D eigenvalue weighted by molar-refractivity contribution is 0.149. The summed E-state index contributed by atoms with van der Waals surface area (Å²) in [6, 6.07) is 0.803. The Hall–Kier alpha value is -0.0400. The van der Waals surface area contributed by atoms with Crippen molar-refractivity contribution in [3.05, 3.63) is 0 Å². The Balaban J connectivity index is 1.68. The van der Waals surface area contributed by atoms with E-state index in [1.807, 2.05) is 0 Å². The van der Waals surface area contributed by atoms with Gasteiger partial charge in [-0.05, 0) is 49.5 Å². The van der Waals surface area contributed by atoms with Crippen LogP contribution in [0.3, 0.4) is 0 Å². The van der Waals surface area contributed by atoms with Crippen LogP contribution in [0.25, 0.3) is 0 Å². The minimum Gasteiger partial charge on any atom is -0.314 e. The second-order valence-electron chi connectivity index (χ2n) is 6.68. The van der Waals surface area contributed by atoms with Crippen molar-refractivity contribution in [2.24, 2.45) is 17.3 Å². The van der Waals surface area contributed by atoms with Gasteiger partial charge in [0.2, 0.25) is 0 Å². The molecule has 2 rings (SSSR count). The summed E-state index contributed by atoms with van der Waals surface area (Å²) in [5, 5.41) is 3.78. The smallest absolute Gasteiger partial charge is 0.00930 e. The highest BCUT2D eigenvalue weighted by Gasteiger charge is 2.32. The molecule has 1 heteroatoms. The van der Waals surface area contributed by atoms with Crippen LogP contribution in [0.5, 0.6) is 0 Å². The molecule has 88 valence electrons. The van der Waals surface area contributed by atoms with Gasteiger partial charge >= 0.3 is 0 Å². The van der Waals surface area contributed by atoms with Crippen LogP contribution in [0.1, 0.15) is 59.3 Å². The van der Waals surface area contributed by atoms with Crippen LogP contribution < -0.4 is 5.32 Å². The maximum atomic E-state index is 3.78. The Morgan fingerprint density at radius 2 is 1.93 bits per heavy atom. The third-order valence-corrected chi connectivity index (χ3v) is 4.35. The Morgan fingerprint density at radius 3 is 2.53 bits per heavy atom. The lowest BCUT2D eigenvalue weighted by atomic mass is 9.70. The molecule has 0 spiro atoms. The number of rotatable bonds is 4. The van der Waals surface area contributed by atoms with Crippen LogP contribution in [-0.4, -0.2) is 12.6 Å². The maximum Gasteiger partial charge on any atom is 0.00930 e. The quantitative estimate of drug-likeness (QED) is 0.746. The number of hydrogen-bond acceptors (Lipinski definition) is 1. The zero-order chi connectivity index (χ0) is 10.9. The molecule has 0 bridgehead atoms. The van der Waals surface area contributed by atoms with Gasteiger partial charge in [0, 0.05) is 6.04 Å². The van der Waals surface area contributed by atoms with Crippen molar-refractivity contribution in [3.8, 4) is 0 Å². The van der Waals surface area contributed by atoms with E-state index >= 15 is 0 Å². The highest BCUT2D eigenvalue weighted by molar-refractivity contribution is 4.87. The molecule has 0 heterocycles. The summed E-state index contributed by atoms with van der Waals surface area (Å²) in [6.45, 7) is 8.53. The average molecular weight is 209 g/mol. The predicted octanol–water partition coefficient (Wildman–Crippen LogP) is 3.59. The molecule has 0 amide bonds. The van der Waals surface area contributed by atoms with Crippen molar-refractivity contribution in [3.63, 3.8) is 0 Å². The van der Waals surface area contributed by atoms with Crippen molar-refractivity contribution >= 4 is 0 Å². The summed E-state index contributed by atoms with van der Waals surface area (Å²) in [5.41, 5.74) is 0.591. The molecule has 1 nitrogen and oxygen atoms in total. The minimum atomic E-state index is 0.591. The summed E-state index contributed by atoms with van der Waals surface area (Å²) in [6.07, 6.45) is 8.60. The normalized spacial score (nSPS) is 35.4. The highest BCUT2D eigenvalue weighted by Crippen LogP contribution is 2.38. The topological polar surface area (TPSA) is 12.0 Å². The van der Waals surface area contributed by atoms with Gasteiger partial charge in [-0.25, -0.2) is 0 Å². The number of nitrogens with one attached hydrogen (secondary N) is 1. The van der Waals surface area contributed by atoms with Crippen molar-refractivity contribution in [2.75, 3.05) is 6.54 Å². The van der Waals surface area contributed by atoms with Crippen molar-refractivity contribution in [1.29, 1.82) is 0 Å². The molecular formula is C14H27N. The van der Waals surface area contributed by atoms with Crippen molar-refractivity contribution in [1.82, 2.24) is 5.32 Å². The molecule has 2 aliphatic carbocycles. The van der Waals surface area contributed by atoms with E-state index in [1.165, 1.54) is 45.1 Å². The lowest BCUT2D eigenvalue weighted by Crippen LogP contribution is -2.42. The van der Waals surface area contributed by atoms with E-state index in [9.17, 15) is 0 Å². The molecule has 0 radical (unpaired) electrons. The summed E-state index contributed by atoms with van der Waals surface area (Å²) >= 11 is 0. The Morgan fingerprint density at radius 1 is 1.20 bits per heavy atom. The van der Waals surface area contributed by atoms with E-state index in [2.05, 4.69) is 26.1 Å². The Bertz CT molecular complexity index is 205. The molecule has 0 saturated heterocycles. The van der Waals surface area contributed by atoms with Gasteiger partial charge in [0.05, 0.1) is 0 Å². The first kappa shape index (κ1) is 11.4. The van der Waals surface area contributed by atoms with Crippen molar-refractivity contribution < 1.29 is 0 Å². The molecule has 0 aliphatic heterocycles. The fourth-order valence-corrected chi connectivity index (χ4v) is 3.13. The Labute approximate surface area is 95.0 Å². The molecule has 2 atom stereocenters. The highest BCUT2D eigenvalue weighted by atomic mass is 14.9. The summed E-state index contributed by atoms with van der Waals surface area (Å²) in [7, 11) is 0. The summed E-state index contributed by atoms with van der Waals surface area (Å²) in [4.78, 5) is 0. The Kier molecular flexibility index (Phi) is 3.39. The van der Waals surface area contributed by atoms with Crippen molar-refractivity contribution in [2.45, 2.75) is 65.3 Å². The predicted molar refractivity (Wildman–Crippen MR) is 65.9 cm³/mol. The molecule has 2 aliphatic rings. The van der Waals surface area contributed by atoms with E-state index in [4.69, 9.17) is 0 Å². The second kappa shape index (κ2) is 4.45. The molecule has 2 unspecified atom stereocenters. The van der Waals surface area contributed by atoms with Crippen LogP contribution in [0, 0.1) is 17.3 Å². The lowest BCUT2D eigenvalue weighted by Gasteiger charge is -2.39. The van der Waals surface area contributed by atoms with Gasteiger partial charge in [-0.1, -0.05) is 33.6 Å².